The second kappa shape index (κ2) is 7.07. The summed E-state index contributed by atoms with van der Waals surface area (Å²) in [7, 11) is 0. The van der Waals surface area contributed by atoms with Crippen molar-refractivity contribution in [2.24, 2.45) is 0 Å². The van der Waals surface area contributed by atoms with Crippen LogP contribution in [0.4, 0.5) is 11.4 Å². The van der Waals surface area contributed by atoms with Crippen molar-refractivity contribution in [2.45, 2.75) is 9.79 Å². The minimum absolute atomic E-state index is 0.733. The molecule has 4 rings (SSSR count). The molecule has 0 amide bonds. The van der Waals surface area contributed by atoms with E-state index in [1.54, 1.807) is 0 Å². The Morgan fingerprint density at radius 3 is 2.08 bits per heavy atom. The lowest BCUT2D eigenvalue weighted by molar-refractivity contribution is 1.52. The van der Waals surface area contributed by atoms with Crippen molar-refractivity contribution in [3.63, 3.8) is 0 Å². The molecule has 0 aliphatic carbocycles. The molecule has 0 heterocycles. The molecule has 0 aliphatic rings. The Balaban J connectivity index is 0.000000141. The number of hydrogen-bond acceptors (Lipinski definition) is 4. The molecular formula is C20H18N2S2. The second-order valence-corrected chi connectivity index (χ2v) is 6.44. The first-order chi connectivity index (χ1) is 11.6. The number of nitrogens with two attached hydrogens (primary N) is 2. The van der Waals surface area contributed by atoms with Gasteiger partial charge in [0.25, 0.3) is 0 Å². The number of rotatable bonds is 0. The minimum atomic E-state index is 0.733. The summed E-state index contributed by atoms with van der Waals surface area (Å²) in [4.78, 5) is 1.81. The molecule has 24 heavy (non-hydrogen) atoms. The Morgan fingerprint density at radius 2 is 1.25 bits per heavy atom. The third-order valence-electron chi connectivity index (χ3n) is 3.83. The molecule has 4 heteroatoms. The molecule has 4 N–H and O–H groups in total. The third-order valence-corrected chi connectivity index (χ3v) is 4.61. The van der Waals surface area contributed by atoms with E-state index in [-0.39, 0.29) is 0 Å². The fourth-order valence-electron chi connectivity index (χ4n) is 2.56. The highest BCUT2D eigenvalue weighted by atomic mass is 32.1. The molecular weight excluding hydrogens is 332 g/mol. The minimum Gasteiger partial charge on any atom is -0.398 e. The van der Waals surface area contributed by atoms with Gasteiger partial charge in [0.2, 0.25) is 0 Å². The second-order valence-electron chi connectivity index (χ2n) is 5.48. The van der Waals surface area contributed by atoms with E-state index in [9.17, 15) is 0 Å². The van der Waals surface area contributed by atoms with Crippen molar-refractivity contribution >= 4 is 58.2 Å². The van der Waals surface area contributed by atoms with E-state index in [0.29, 0.717) is 0 Å². The number of benzene rings is 4. The Labute approximate surface area is 152 Å². The Hall–Kier alpha value is -2.30. The van der Waals surface area contributed by atoms with Gasteiger partial charge in [0.15, 0.2) is 0 Å². The maximum Gasteiger partial charge on any atom is 0.0456 e. The van der Waals surface area contributed by atoms with Crippen molar-refractivity contribution in [1.82, 2.24) is 0 Å². The summed E-state index contributed by atoms with van der Waals surface area (Å²) in [6.45, 7) is 0. The highest BCUT2D eigenvalue weighted by Crippen LogP contribution is 2.26. The smallest absolute Gasteiger partial charge is 0.0456 e. The van der Waals surface area contributed by atoms with Gasteiger partial charge in [0, 0.05) is 26.6 Å². The monoisotopic (exact) mass is 350 g/mol. The van der Waals surface area contributed by atoms with Crippen molar-refractivity contribution in [3.8, 4) is 0 Å². The average Bonchev–Trinajstić information content (AvgIpc) is 2.60. The zero-order valence-corrected chi connectivity index (χ0v) is 14.8. The molecule has 0 spiro atoms. The van der Waals surface area contributed by atoms with Gasteiger partial charge in [-0.05, 0) is 40.4 Å². The molecule has 0 aromatic heterocycles. The molecule has 4 aromatic rings. The lowest BCUT2D eigenvalue weighted by Crippen LogP contribution is -1.86. The van der Waals surface area contributed by atoms with E-state index in [0.717, 1.165) is 37.3 Å². The van der Waals surface area contributed by atoms with Crippen LogP contribution in [0.3, 0.4) is 0 Å². The van der Waals surface area contributed by atoms with Crippen LogP contribution in [0, 0.1) is 0 Å². The number of hydrogen-bond donors (Lipinski definition) is 4. The molecule has 0 radical (unpaired) electrons. The van der Waals surface area contributed by atoms with Crippen LogP contribution in [-0.4, -0.2) is 0 Å². The van der Waals surface area contributed by atoms with Gasteiger partial charge < -0.3 is 11.5 Å². The van der Waals surface area contributed by atoms with E-state index in [1.807, 2.05) is 66.7 Å². The van der Waals surface area contributed by atoms with Gasteiger partial charge in [-0.3, -0.25) is 0 Å². The lowest BCUT2D eigenvalue weighted by atomic mass is 10.1. The number of anilines is 2. The first kappa shape index (κ1) is 16.6. The van der Waals surface area contributed by atoms with Gasteiger partial charge in [-0.15, -0.1) is 25.3 Å². The van der Waals surface area contributed by atoms with Crippen LogP contribution in [0.1, 0.15) is 0 Å². The molecule has 0 saturated heterocycles. The summed E-state index contributed by atoms with van der Waals surface area (Å²) in [6.07, 6.45) is 0. The van der Waals surface area contributed by atoms with Crippen LogP contribution in [0.25, 0.3) is 21.5 Å². The van der Waals surface area contributed by atoms with E-state index in [4.69, 9.17) is 11.5 Å². The van der Waals surface area contributed by atoms with Crippen LogP contribution in [0.15, 0.2) is 82.6 Å². The van der Waals surface area contributed by atoms with E-state index >= 15 is 0 Å². The summed E-state index contributed by atoms with van der Waals surface area (Å²) in [6, 6.07) is 23.8. The zero-order valence-electron chi connectivity index (χ0n) is 13.0. The molecule has 4 aromatic carbocycles. The standard InChI is InChI=1S/2C10H9NS/c11-10-3-1-2-7-4-5-8(12)6-9(7)10;11-9-6-5-7-3-1-2-4-8(7)10(9)12/h2*1-6,12H,11H2. The fraction of sp³-hybridized carbons (Fsp3) is 0. The maximum absolute atomic E-state index is 5.79. The summed E-state index contributed by atoms with van der Waals surface area (Å²) in [5.41, 5.74) is 13.0. The first-order valence-electron chi connectivity index (χ1n) is 7.49. The molecule has 0 atom stereocenters. The predicted octanol–water partition coefficient (Wildman–Crippen LogP) is 5.42. The van der Waals surface area contributed by atoms with Crippen molar-refractivity contribution in [1.29, 1.82) is 0 Å². The van der Waals surface area contributed by atoms with E-state index in [2.05, 4.69) is 31.3 Å². The van der Waals surface area contributed by atoms with Gasteiger partial charge in [0.1, 0.15) is 0 Å². The molecule has 0 saturated carbocycles. The summed E-state index contributed by atoms with van der Waals surface area (Å²) in [5.74, 6) is 0. The number of fused-ring (bicyclic) bond motifs is 2. The summed E-state index contributed by atoms with van der Waals surface area (Å²) in [5, 5.41) is 4.52. The van der Waals surface area contributed by atoms with Crippen LogP contribution < -0.4 is 11.5 Å². The normalized spacial score (nSPS) is 10.4. The number of nitrogen functional groups attached to an aromatic ring is 2. The highest BCUT2D eigenvalue weighted by molar-refractivity contribution is 7.80. The quantitative estimate of drug-likeness (QED) is 0.253. The van der Waals surface area contributed by atoms with Crippen molar-refractivity contribution in [3.05, 3.63) is 72.8 Å². The molecule has 120 valence electrons. The van der Waals surface area contributed by atoms with E-state index in [1.165, 1.54) is 5.39 Å². The van der Waals surface area contributed by atoms with Gasteiger partial charge in [-0.25, -0.2) is 0 Å². The zero-order chi connectivity index (χ0) is 17.1. The largest absolute Gasteiger partial charge is 0.398 e. The van der Waals surface area contributed by atoms with Gasteiger partial charge in [-0.2, -0.15) is 0 Å². The molecule has 0 aliphatic heterocycles. The van der Waals surface area contributed by atoms with Crippen LogP contribution in [0.5, 0.6) is 0 Å². The Kier molecular flexibility index (Phi) is 4.88. The molecule has 0 unspecified atom stereocenters. The van der Waals surface area contributed by atoms with Gasteiger partial charge >= 0.3 is 0 Å². The highest BCUT2D eigenvalue weighted by Gasteiger charge is 1.99. The predicted molar refractivity (Wildman–Crippen MR) is 111 cm³/mol. The summed E-state index contributed by atoms with van der Waals surface area (Å²) < 4.78 is 0. The number of thiol groups is 2. The molecule has 0 bridgehead atoms. The Morgan fingerprint density at radius 1 is 0.583 bits per heavy atom. The van der Waals surface area contributed by atoms with Crippen molar-refractivity contribution < 1.29 is 0 Å². The van der Waals surface area contributed by atoms with Crippen molar-refractivity contribution in [2.75, 3.05) is 11.5 Å². The Bertz CT molecular complexity index is 997. The first-order valence-corrected chi connectivity index (χ1v) is 8.39. The van der Waals surface area contributed by atoms with Crippen LogP contribution in [-0.2, 0) is 0 Å². The molecule has 0 fully saturated rings. The van der Waals surface area contributed by atoms with E-state index < -0.39 is 0 Å². The SMILES string of the molecule is Nc1ccc2ccccc2c1S.Nc1cccc2ccc(S)cc12. The fourth-order valence-corrected chi connectivity index (χ4v) is 3.04. The topological polar surface area (TPSA) is 52.0 Å². The van der Waals surface area contributed by atoms with Crippen LogP contribution in [0.2, 0.25) is 0 Å². The van der Waals surface area contributed by atoms with Gasteiger partial charge in [-0.1, -0.05) is 48.5 Å². The average molecular weight is 351 g/mol. The third kappa shape index (κ3) is 3.45. The summed E-state index contributed by atoms with van der Waals surface area (Å²) >= 11 is 8.59. The van der Waals surface area contributed by atoms with Crippen LogP contribution >= 0.6 is 25.3 Å². The lowest BCUT2D eigenvalue weighted by Gasteiger charge is -2.03. The van der Waals surface area contributed by atoms with Gasteiger partial charge in [0.05, 0.1) is 0 Å². The molecule has 2 nitrogen and oxygen atoms in total. The maximum atomic E-state index is 5.79.